The van der Waals surface area contributed by atoms with Crippen LogP contribution in [-0.2, 0) is 6.42 Å². The maximum absolute atomic E-state index is 6.01. The Kier molecular flexibility index (Phi) is 3.83. The largest absolute Gasteiger partial charge is 0.383 e. The molecular weight excluding hydrogens is 238 g/mol. The van der Waals surface area contributed by atoms with E-state index in [9.17, 15) is 0 Å². The Morgan fingerprint density at radius 3 is 2.74 bits per heavy atom. The van der Waals surface area contributed by atoms with Crippen molar-refractivity contribution in [1.29, 1.82) is 0 Å². The van der Waals surface area contributed by atoms with Crippen molar-refractivity contribution in [3.63, 3.8) is 0 Å². The zero-order valence-corrected chi connectivity index (χ0v) is 12.0. The van der Waals surface area contributed by atoms with Gasteiger partial charge in [0.1, 0.15) is 12.1 Å². The molecule has 0 saturated heterocycles. The molecule has 0 saturated carbocycles. The van der Waals surface area contributed by atoms with Crippen molar-refractivity contribution in [1.82, 2.24) is 19.7 Å². The maximum Gasteiger partial charge on any atom is 0.163 e. The predicted octanol–water partition coefficient (Wildman–Crippen LogP) is 2.89. The summed E-state index contributed by atoms with van der Waals surface area (Å²) in [6.45, 7) is 8.38. The van der Waals surface area contributed by atoms with Gasteiger partial charge in [-0.15, -0.1) is 0 Å². The molecule has 102 valence electrons. The Hall–Kier alpha value is -1.91. The molecule has 0 spiro atoms. The van der Waals surface area contributed by atoms with Crippen LogP contribution in [0.1, 0.15) is 45.9 Å². The van der Waals surface area contributed by atoms with E-state index in [1.54, 1.807) is 0 Å². The van der Waals surface area contributed by atoms with E-state index in [0.717, 1.165) is 29.6 Å². The number of nitrogens with two attached hydrogens (primary N) is 1. The molecule has 0 amide bonds. The lowest BCUT2D eigenvalue weighted by Gasteiger charge is -2.05. The molecule has 0 bridgehead atoms. The highest BCUT2D eigenvalue weighted by atomic mass is 15.3. The Balaban J connectivity index is 2.61. The quantitative estimate of drug-likeness (QED) is 0.857. The average molecular weight is 259 g/mol. The van der Waals surface area contributed by atoms with Gasteiger partial charge in [-0.25, -0.2) is 14.6 Å². The lowest BCUT2D eigenvalue weighted by Crippen LogP contribution is -2.04. The molecule has 2 aromatic heterocycles. The van der Waals surface area contributed by atoms with Crippen LogP contribution < -0.4 is 5.73 Å². The number of nitrogens with zero attached hydrogens (tertiary/aromatic N) is 4. The van der Waals surface area contributed by atoms with E-state index in [4.69, 9.17) is 5.73 Å². The second kappa shape index (κ2) is 5.38. The number of nitrogen functional groups attached to an aromatic ring is 1. The van der Waals surface area contributed by atoms with Gasteiger partial charge in [-0.1, -0.05) is 18.6 Å². The lowest BCUT2D eigenvalue weighted by molar-refractivity contribution is 0.540. The fraction of sp³-hybridized carbons (Fsp3) is 0.500. The summed E-state index contributed by atoms with van der Waals surface area (Å²) < 4.78 is 1.92. The number of aromatic nitrogens is 4. The molecule has 0 aliphatic carbocycles. The zero-order chi connectivity index (χ0) is 14.0. The van der Waals surface area contributed by atoms with Crippen molar-refractivity contribution in [2.45, 2.75) is 46.6 Å². The summed E-state index contributed by atoms with van der Waals surface area (Å²) in [6.07, 6.45) is 5.46. The number of rotatable bonds is 4. The molecule has 2 aromatic rings. The number of hydrogen-bond donors (Lipinski definition) is 1. The summed E-state index contributed by atoms with van der Waals surface area (Å²) in [5, 5.41) is 5.57. The SMILES string of the molecule is CC=C(CC)Cc1nn(C(C)C)c2ncnc(N)c12. The van der Waals surface area contributed by atoms with Gasteiger partial charge in [-0.05, 0) is 27.2 Å². The van der Waals surface area contributed by atoms with E-state index in [1.165, 1.54) is 11.9 Å². The molecule has 5 heteroatoms. The standard InChI is InChI=1S/C14H21N5/c1-5-10(6-2)7-11-12-13(15)16-8-17-14(12)19(18-11)9(3)4/h5,8-9H,6-7H2,1-4H3,(H2,15,16,17). The van der Waals surface area contributed by atoms with E-state index in [0.29, 0.717) is 5.82 Å². The first-order valence-electron chi connectivity index (χ1n) is 6.70. The Bertz CT molecular complexity index is 610. The first kappa shape index (κ1) is 13.5. The van der Waals surface area contributed by atoms with Crippen LogP contribution in [0, 0.1) is 0 Å². The molecule has 2 N–H and O–H groups in total. The van der Waals surface area contributed by atoms with E-state index in [-0.39, 0.29) is 6.04 Å². The molecule has 0 unspecified atom stereocenters. The van der Waals surface area contributed by atoms with Gasteiger partial charge in [0.05, 0.1) is 11.1 Å². The Morgan fingerprint density at radius 1 is 1.42 bits per heavy atom. The van der Waals surface area contributed by atoms with Crippen molar-refractivity contribution in [2.75, 3.05) is 5.73 Å². The molecule has 19 heavy (non-hydrogen) atoms. The summed E-state index contributed by atoms with van der Waals surface area (Å²) in [5.41, 5.74) is 9.14. The van der Waals surface area contributed by atoms with Crippen molar-refractivity contribution in [3.8, 4) is 0 Å². The smallest absolute Gasteiger partial charge is 0.163 e. The summed E-state index contributed by atoms with van der Waals surface area (Å²) in [6, 6.07) is 0.251. The van der Waals surface area contributed by atoms with Crippen molar-refractivity contribution in [3.05, 3.63) is 23.7 Å². The van der Waals surface area contributed by atoms with Crippen LogP contribution in [0.4, 0.5) is 5.82 Å². The number of hydrogen-bond acceptors (Lipinski definition) is 4. The van der Waals surface area contributed by atoms with Gasteiger partial charge < -0.3 is 5.73 Å². The monoisotopic (exact) mass is 259 g/mol. The van der Waals surface area contributed by atoms with Crippen LogP contribution in [0.15, 0.2) is 18.0 Å². The van der Waals surface area contributed by atoms with Crippen molar-refractivity contribution < 1.29 is 0 Å². The van der Waals surface area contributed by atoms with E-state index in [1.807, 2.05) is 4.68 Å². The highest BCUT2D eigenvalue weighted by Crippen LogP contribution is 2.26. The zero-order valence-electron chi connectivity index (χ0n) is 12.0. The molecule has 0 fully saturated rings. The normalized spacial score (nSPS) is 12.6. The lowest BCUT2D eigenvalue weighted by atomic mass is 10.1. The number of fused-ring (bicyclic) bond motifs is 1. The molecule has 0 aromatic carbocycles. The van der Waals surface area contributed by atoms with Gasteiger partial charge in [0.15, 0.2) is 5.65 Å². The van der Waals surface area contributed by atoms with Crippen LogP contribution in [0.25, 0.3) is 11.0 Å². The average Bonchev–Trinajstić information content (AvgIpc) is 2.76. The molecular formula is C14H21N5. The van der Waals surface area contributed by atoms with Gasteiger partial charge in [-0.3, -0.25) is 0 Å². The van der Waals surface area contributed by atoms with Gasteiger partial charge in [0.25, 0.3) is 0 Å². The molecule has 5 nitrogen and oxygen atoms in total. The molecule has 0 aliphatic rings. The third-order valence-electron chi connectivity index (χ3n) is 3.34. The highest BCUT2D eigenvalue weighted by Gasteiger charge is 2.17. The highest BCUT2D eigenvalue weighted by molar-refractivity contribution is 5.88. The summed E-state index contributed by atoms with van der Waals surface area (Å²) >= 11 is 0. The molecule has 0 radical (unpaired) electrons. The summed E-state index contributed by atoms with van der Waals surface area (Å²) in [4.78, 5) is 8.43. The Labute approximate surface area is 113 Å². The van der Waals surface area contributed by atoms with Gasteiger partial charge >= 0.3 is 0 Å². The van der Waals surface area contributed by atoms with E-state index in [2.05, 4.69) is 48.8 Å². The second-order valence-corrected chi connectivity index (χ2v) is 4.92. The van der Waals surface area contributed by atoms with Crippen LogP contribution in [0.5, 0.6) is 0 Å². The summed E-state index contributed by atoms with van der Waals surface area (Å²) in [7, 11) is 0. The maximum atomic E-state index is 6.01. The first-order valence-corrected chi connectivity index (χ1v) is 6.70. The summed E-state index contributed by atoms with van der Waals surface area (Å²) in [5.74, 6) is 0.512. The Morgan fingerprint density at radius 2 is 2.16 bits per heavy atom. The van der Waals surface area contributed by atoms with Gasteiger partial charge in [-0.2, -0.15) is 5.10 Å². The van der Waals surface area contributed by atoms with Crippen molar-refractivity contribution >= 4 is 16.9 Å². The molecule has 0 aliphatic heterocycles. The topological polar surface area (TPSA) is 69.6 Å². The fourth-order valence-corrected chi connectivity index (χ4v) is 2.20. The van der Waals surface area contributed by atoms with Crippen molar-refractivity contribution in [2.24, 2.45) is 0 Å². The number of allylic oxidation sites excluding steroid dienone is 2. The molecule has 2 rings (SSSR count). The van der Waals surface area contributed by atoms with Crippen LogP contribution in [-0.4, -0.2) is 19.7 Å². The molecule has 2 heterocycles. The van der Waals surface area contributed by atoms with Crippen LogP contribution in [0.3, 0.4) is 0 Å². The third kappa shape index (κ3) is 2.45. The van der Waals surface area contributed by atoms with Crippen LogP contribution >= 0.6 is 0 Å². The van der Waals surface area contributed by atoms with Gasteiger partial charge in [0.2, 0.25) is 0 Å². The van der Waals surface area contributed by atoms with Gasteiger partial charge in [0, 0.05) is 12.5 Å². The third-order valence-corrected chi connectivity index (χ3v) is 3.34. The minimum Gasteiger partial charge on any atom is -0.383 e. The first-order chi connectivity index (χ1) is 9.08. The van der Waals surface area contributed by atoms with E-state index >= 15 is 0 Å². The predicted molar refractivity (Wildman–Crippen MR) is 77.9 cm³/mol. The van der Waals surface area contributed by atoms with E-state index < -0.39 is 0 Å². The van der Waals surface area contributed by atoms with Crippen LogP contribution in [0.2, 0.25) is 0 Å². The molecule has 0 atom stereocenters. The second-order valence-electron chi connectivity index (χ2n) is 4.92. The fourth-order valence-electron chi connectivity index (χ4n) is 2.20. The minimum absolute atomic E-state index is 0.251. The minimum atomic E-state index is 0.251. The number of anilines is 1.